The van der Waals surface area contributed by atoms with Gasteiger partial charge in [0, 0.05) is 0 Å². The van der Waals surface area contributed by atoms with Crippen LogP contribution < -0.4 is 14.2 Å². The summed E-state index contributed by atoms with van der Waals surface area (Å²) in [5.74, 6) is 0.350. The van der Waals surface area contributed by atoms with Crippen molar-refractivity contribution in [1.82, 2.24) is 0 Å². The standard InChI is InChI=1S/C18H16O6/c1-2-22-16-8-11(3-5-14(16)19)7-13(18(20)21)12-4-6-15-17(9-12)24-10-23-15/h3-9,19H,2,10H2,1H3,(H,20,21)/b13-7-. The van der Waals surface area contributed by atoms with Gasteiger partial charge in [0.2, 0.25) is 6.79 Å². The number of aromatic hydroxyl groups is 1. The molecule has 0 aromatic heterocycles. The summed E-state index contributed by atoms with van der Waals surface area (Å²) in [6, 6.07) is 9.65. The average Bonchev–Trinajstić information content (AvgIpc) is 3.03. The van der Waals surface area contributed by atoms with E-state index in [9.17, 15) is 15.0 Å². The highest BCUT2D eigenvalue weighted by Crippen LogP contribution is 2.35. The van der Waals surface area contributed by atoms with Gasteiger partial charge in [-0.25, -0.2) is 4.79 Å². The molecule has 124 valence electrons. The first-order valence-electron chi connectivity index (χ1n) is 7.39. The minimum Gasteiger partial charge on any atom is -0.504 e. The Morgan fingerprint density at radius 1 is 1.21 bits per heavy atom. The highest BCUT2D eigenvalue weighted by Gasteiger charge is 2.18. The maximum atomic E-state index is 11.7. The number of rotatable bonds is 5. The van der Waals surface area contributed by atoms with Crippen LogP contribution >= 0.6 is 0 Å². The molecule has 2 N–H and O–H groups in total. The van der Waals surface area contributed by atoms with Crippen molar-refractivity contribution >= 4 is 17.6 Å². The molecule has 0 spiro atoms. The summed E-state index contributed by atoms with van der Waals surface area (Å²) >= 11 is 0. The van der Waals surface area contributed by atoms with Gasteiger partial charge in [-0.2, -0.15) is 0 Å². The van der Waals surface area contributed by atoms with Gasteiger partial charge < -0.3 is 24.4 Å². The third-order valence-corrected chi connectivity index (χ3v) is 3.51. The Kier molecular flexibility index (Phi) is 4.29. The van der Waals surface area contributed by atoms with E-state index in [0.717, 1.165) is 0 Å². The number of hydrogen-bond acceptors (Lipinski definition) is 5. The Bertz CT molecular complexity index is 809. The van der Waals surface area contributed by atoms with E-state index in [-0.39, 0.29) is 18.1 Å². The molecule has 0 aliphatic carbocycles. The average molecular weight is 328 g/mol. The predicted molar refractivity (Wildman–Crippen MR) is 87.3 cm³/mol. The van der Waals surface area contributed by atoms with E-state index < -0.39 is 5.97 Å². The zero-order valence-corrected chi connectivity index (χ0v) is 13.0. The molecule has 6 heteroatoms. The number of carbonyl (C=O) groups is 1. The second kappa shape index (κ2) is 6.54. The highest BCUT2D eigenvalue weighted by atomic mass is 16.7. The SMILES string of the molecule is CCOc1cc(/C=C(\C(=O)O)c2ccc3c(c2)OCO3)ccc1O. The largest absolute Gasteiger partial charge is 0.504 e. The molecule has 0 bridgehead atoms. The van der Waals surface area contributed by atoms with E-state index >= 15 is 0 Å². The van der Waals surface area contributed by atoms with E-state index in [1.165, 1.54) is 12.1 Å². The van der Waals surface area contributed by atoms with Crippen molar-refractivity contribution in [1.29, 1.82) is 0 Å². The Hall–Kier alpha value is -3.15. The maximum Gasteiger partial charge on any atom is 0.336 e. The molecule has 0 radical (unpaired) electrons. The summed E-state index contributed by atoms with van der Waals surface area (Å²) in [5, 5.41) is 19.3. The van der Waals surface area contributed by atoms with Crippen LogP contribution in [0.15, 0.2) is 36.4 Å². The molecule has 0 saturated heterocycles. The van der Waals surface area contributed by atoms with Gasteiger partial charge >= 0.3 is 5.97 Å². The second-order valence-electron chi connectivity index (χ2n) is 5.09. The van der Waals surface area contributed by atoms with Gasteiger partial charge in [0.05, 0.1) is 12.2 Å². The lowest BCUT2D eigenvalue weighted by molar-refractivity contribution is -0.130. The van der Waals surface area contributed by atoms with Crippen LogP contribution in [-0.2, 0) is 4.79 Å². The summed E-state index contributed by atoms with van der Waals surface area (Å²) in [6.45, 7) is 2.33. The van der Waals surface area contributed by atoms with E-state index in [1.54, 1.807) is 37.3 Å². The Balaban J connectivity index is 2.01. The fourth-order valence-corrected chi connectivity index (χ4v) is 2.39. The third-order valence-electron chi connectivity index (χ3n) is 3.51. The van der Waals surface area contributed by atoms with E-state index in [2.05, 4.69) is 0 Å². The summed E-state index contributed by atoms with van der Waals surface area (Å²) in [4.78, 5) is 11.7. The molecule has 3 rings (SSSR count). The fraction of sp³-hybridized carbons (Fsp3) is 0.167. The van der Waals surface area contributed by atoms with Crippen molar-refractivity contribution in [3.8, 4) is 23.0 Å². The molecule has 0 fully saturated rings. The lowest BCUT2D eigenvalue weighted by Crippen LogP contribution is -2.00. The van der Waals surface area contributed by atoms with Gasteiger partial charge in [0.15, 0.2) is 23.0 Å². The molecule has 0 amide bonds. The van der Waals surface area contributed by atoms with E-state index in [4.69, 9.17) is 14.2 Å². The molecule has 1 aliphatic rings. The minimum absolute atomic E-state index is 0.00829. The smallest absolute Gasteiger partial charge is 0.336 e. The summed E-state index contributed by atoms with van der Waals surface area (Å²) < 4.78 is 15.8. The number of ether oxygens (including phenoxy) is 3. The number of phenols is 1. The Morgan fingerprint density at radius 3 is 2.75 bits per heavy atom. The molecule has 0 saturated carbocycles. The number of carboxylic acids is 1. The molecule has 24 heavy (non-hydrogen) atoms. The molecule has 2 aromatic carbocycles. The summed E-state index contributed by atoms with van der Waals surface area (Å²) in [6.07, 6.45) is 1.52. The first kappa shape index (κ1) is 15.7. The maximum absolute atomic E-state index is 11.7. The van der Waals surface area contributed by atoms with Gasteiger partial charge in [0.25, 0.3) is 0 Å². The second-order valence-corrected chi connectivity index (χ2v) is 5.09. The van der Waals surface area contributed by atoms with Gasteiger partial charge in [0.1, 0.15) is 0 Å². The van der Waals surface area contributed by atoms with Gasteiger partial charge in [-0.1, -0.05) is 12.1 Å². The van der Waals surface area contributed by atoms with Crippen LogP contribution in [0.1, 0.15) is 18.1 Å². The van der Waals surface area contributed by atoms with Crippen LogP contribution in [0.25, 0.3) is 11.6 Å². The quantitative estimate of drug-likeness (QED) is 0.648. The first-order chi connectivity index (χ1) is 11.6. The molecule has 2 aromatic rings. The molecular weight excluding hydrogens is 312 g/mol. The zero-order chi connectivity index (χ0) is 17.1. The Morgan fingerprint density at radius 2 is 2.00 bits per heavy atom. The van der Waals surface area contributed by atoms with Crippen molar-refractivity contribution in [2.24, 2.45) is 0 Å². The summed E-state index contributed by atoms with van der Waals surface area (Å²) in [5.41, 5.74) is 1.20. The minimum atomic E-state index is -1.07. The predicted octanol–water partition coefficient (Wildman–Crippen LogP) is 3.14. The first-order valence-corrected chi connectivity index (χ1v) is 7.39. The molecule has 1 heterocycles. The van der Waals surface area contributed by atoms with Gasteiger partial charge in [-0.05, 0) is 48.4 Å². The van der Waals surface area contributed by atoms with Crippen molar-refractivity contribution in [2.45, 2.75) is 6.92 Å². The van der Waals surface area contributed by atoms with Crippen LogP contribution in [0.3, 0.4) is 0 Å². The lowest BCUT2D eigenvalue weighted by Gasteiger charge is -2.08. The van der Waals surface area contributed by atoms with Crippen molar-refractivity contribution in [3.63, 3.8) is 0 Å². The highest BCUT2D eigenvalue weighted by molar-refractivity contribution is 6.20. The van der Waals surface area contributed by atoms with Crippen LogP contribution in [-0.4, -0.2) is 29.6 Å². The van der Waals surface area contributed by atoms with Gasteiger partial charge in [-0.3, -0.25) is 0 Å². The van der Waals surface area contributed by atoms with Crippen LogP contribution in [0.4, 0.5) is 0 Å². The van der Waals surface area contributed by atoms with Crippen LogP contribution in [0.5, 0.6) is 23.0 Å². The van der Waals surface area contributed by atoms with Crippen molar-refractivity contribution < 1.29 is 29.2 Å². The van der Waals surface area contributed by atoms with Crippen molar-refractivity contribution in [2.75, 3.05) is 13.4 Å². The third kappa shape index (κ3) is 3.12. The number of carboxylic acid groups (broad SMARTS) is 1. The molecule has 1 aliphatic heterocycles. The van der Waals surface area contributed by atoms with Crippen LogP contribution in [0, 0.1) is 0 Å². The Labute approximate surface area is 138 Å². The van der Waals surface area contributed by atoms with Gasteiger partial charge in [-0.15, -0.1) is 0 Å². The molecule has 0 unspecified atom stereocenters. The molecular formula is C18H16O6. The summed E-state index contributed by atoms with van der Waals surface area (Å²) in [7, 11) is 0. The van der Waals surface area contributed by atoms with E-state index in [0.29, 0.717) is 35.0 Å². The number of phenolic OH excluding ortho intramolecular Hbond substituents is 1. The normalized spacial score (nSPS) is 13.0. The molecule has 0 atom stereocenters. The lowest BCUT2D eigenvalue weighted by atomic mass is 10.0. The van der Waals surface area contributed by atoms with Crippen LogP contribution in [0.2, 0.25) is 0 Å². The number of hydrogen-bond donors (Lipinski definition) is 2. The van der Waals surface area contributed by atoms with Crippen molar-refractivity contribution in [3.05, 3.63) is 47.5 Å². The number of fused-ring (bicyclic) bond motifs is 1. The topological polar surface area (TPSA) is 85.2 Å². The fourth-order valence-electron chi connectivity index (χ4n) is 2.39. The zero-order valence-electron chi connectivity index (χ0n) is 13.0. The van der Waals surface area contributed by atoms with E-state index in [1.807, 2.05) is 0 Å². The molecule has 6 nitrogen and oxygen atoms in total. The number of benzene rings is 2. The number of aliphatic carboxylic acids is 1. The monoisotopic (exact) mass is 328 g/mol.